The van der Waals surface area contributed by atoms with Gasteiger partial charge in [0.25, 0.3) is 0 Å². The minimum absolute atomic E-state index is 0. The molecule has 24 heavy (non-hydrogen) atoms. The molecule has 0 radical (unpaired) electrons. The van der Waals surface area contributed by atoms with E-state index in [0.29, 0.717) is 6.07 Å². The fraction of sp³-hybridized carbons (Fsp3) is 0.462. The van der Waals surface area contributed by atoms with Gasteiger partial charge < -0.3 is 10.5 Å². The summed E-state index contributed by atoms with van der Waals surface area (Å²) in [5.41, 5.74) is 2.20. The highest BCUT2D eigenvalue weighted by Gasteiger charge is 2.37. The van der Waals surface area contributed by atoms with Crippen molar-refractivity contribution in [2.24, 2.45) is 5.73 Å². The molecule has 0 saturated carbocycles. The molecule has 0 aliphatic heterocycles. The van der Waals surface area contributed by atoms with Crippen LogP contribution >= 0.6 is 12.4 Å². The smallest absolute Gasteiger partial charge is 0.417 e. The second-order valence-corrected chi connectivity index (χ2v) is 7.07. The zero-order valence-corrected chi connectivity index (χ0v) is 14.7. The number of benzene rings is 1. The van der Waals surface area contributed by atoms with Gasteiger partial charge in [0, 0.05) is 12.1 Å². The maximum atomic E-state index is 13.1. The van der Waals surface area contributed by atoms with E-state index in [9.17, 15) is 26.4 Å². The first-order chi connectivity index (χ1) is 10.3. The predicted octanol–water partition coefficient (Wildman–Crippen LogP) is 1.93. The van der Waals surface area contributed by atoms with Crippen LogP contribution in [0.5, 0.6) is 0 Å². The maximum absolute atomic E-state index is 13.1. The van der Waals surface area contributed by atoms with Crippen LogP contribution in [0.2, 0.25) is 0 Å². The lowest BCUT2D eigenvalue weighted by Gasteiger charge is -2.24. The molecule has 0 heterocycles. The van der Waals surface area contributed by atoms with E-state index in [1.807, 2.05) is 0 Å². The molecule has 0 aliphatic rings. The maximum Gasteiger partial charge on any atom is 0.417 e. The lowest BCUT2D eigenvalue weighted by molar-refractivity contribution is -0.138. The third-order valence-electron chi connectivity index (χ3n) is 2.93. The molecular formula is C13H18ClF3N2O4S. The van der Waals surface area contributed by atoms with E-state index in [1.165, 1.54) is 13.8 Å². The minimum atomic E-state index is -4.92. The average Bonchev–Trinajstić information content (AvgIpc) is 2.43. The Bertz CT molecular complexity index is 706. The number of alkyl halides is 3. The summed E-state index contributed by atoms with van der Waals surface area (Å²) in [6.07, 6.45) is -4.92. The summed E-state index contributed by atoms with van der Waals surface area (Å²) in [5, 5.41) is 0. The van der Waals surface area contributed by atoms with E-state index in [0.717, 1.165) is 19.2 Å². The van der Waals surface area contributed by atoms with Crippen molar-refractivity contribution >= 4 is 28.4 Å². The third kappa shape index (κ3) is 5.33. The van der Waals surface area contributed by atoms with Crippen LogP contribution in [0.15, 0.2) is 23.1 Å². The van der Waals surface area contributed by atoms with Gasteiger partial charge >= 0.3 is 12.1 Å². The van der Waals surface area contributed by atoms with Crippen molar-refractivity contribution in [2.45, 2.75) is 30.5 Å². The quantitative estimate of drug-likeness (QED) is 0.748. The number of nitrogens with one attached hydrogen (secondary N) is 1. The third-order valence-corrected chi connectivity index (χ3v) is 4.63. The highest BCUT2D eigenvalue weighted by Crippen LogP contribution is 2.34. The van der Waals surface area contributed by atoms with E-state index < -0.39 is 43.7 Å². The fourth-order valence-corrected chi connectivity index (χ4v) is 3.13. The normalized spacial score (nSPS) is 12.5. The molecular weight excluding hydrogens is 373 g/mol. The molecule has 0 fully saturated rings. The largest absolute Gasteiger partial charge is 0.465 e. The van der Waals surface area contributed by atoms with Crippen LogP contribution in [0, 0.1) is 0 Å². The van der Waals surface area contributed by atoms with E-state index in [2.05, 4.69) is 9.46 Å². The summed E-state index contributed by atoms with van der Waals surface area (Å²) in [4.78, 5) is 10.8. The number of methoxy groups -OCH3 is 1. The Morgan fingerprint density at radius 1 is 1.29 bits per heavy atom. The molecule has 0 amide bonds. The number of nitrogens with two attached hydrogens (primary N) is 1. The van der Waals surface area contributed by atoms with Gasteiger partial charge in [0.1, 0.15) is 0 Å². The Kier molecular flexibility index (Phi) is 7.25. The van der Waals surface area contributed by atoms with Gasteiger partial charge in [0.05, 0.1) is 23.1 Å². The number of sulfonamides is 1. The number of carbonyl (C=O) groups excluding carboxylic acids is 1. The van der Waals surface area contributed by atoms with Crippen molar-refractivity contribution in [2.75, 3.05) is 13.7 Å². The SMILES string of the molecule is COC(=O)c1ccc(S(=O)(=O)NC(C)(C)CN)cc1C(F)(F)F.Cl. The van der Waals surface area contributed by atoms with Gasteiger partial charge in [-0.2, -0.15) is 13.2 Å². The summed E-state index contributed by atoms with van der Waals surface area (Å²) in [5.74, 6) is -1.21. The van der Waals surface area contributed by atoms with Crippen LogP contribution in [0.1, 0.15) is 29.8 Å². The van der Waals surface area contributed by atoms with Gasteiger partial charge in [-0.1, -0.05) is 0 Å². The molecule has 0 saturated heterocycles. The number of esters is 1. The first kappa shape index (κ1) is 22.6. The molecule has 0 spiro atoms. The van der Waals surface area contributed by atoms with Crippen molar-refractivity contribution in [3.8, 4) is 0 Å². The van der Waals surface area contributed by atoms with Crippen molar-refractivity contribution < 1.29 is 31.1 Å². The summed E-state index contributed by atoms with van der Waals surface area (Å²) in [6, 6.07) is 2.05. The molecule has 0 aromatic heterocycles. The Morgan fingerprint density at radius 2 is 1.83 bits per heavy atom. The zero-order chi connectivity index (χ0) is 18.1. The number of ether oxygens (including phenoxy) is 1. The van der Waals surface area contributed by atoms with Crippen molar-refractivity contribution in [3.05, 3.63) is 29.3 Å². The molecule has 0 aliphatic carbocycles. The van der Waals surface area contributed by atoms with Crippen molar-refractivity contribution in [1.82, 2.24) is 4.72 Å². The van der Waals surface area contributed by atoms with Crippen LogP contribution in [0.4, 0.5) is 13.2 Å². The zero-order valence-electron chi connectivity index (χ0n) is 13.1. The minimum Gasteiger partial charge on any atom is -0.465 e. The number of hydrogen-bond donors (Lipinski definition) is 2. The highest BCUT2D eigenvalue weighted by atomic mass is 35.5. The van der Waals surface area contributed by atoms with Crippen LogP contribution < -0.4 is 10.5 Å². The Morgan fingerprint density at radius 3 is 2.25 bits per heavy atom. The number of carbonyl (C=O) groups is 1. The monoisotopic (exact) mass is 390 g/mol. The van der Waals surface area contributed by atoms with Crippen molar-refractivity contribution in [3.63, 3.8) is 0 Å². The van der Waals surface area contributed by atoms with Crippen molar-refractivity contribution in [1.29, 1.82) is 0 Å². The topological polar surface area (TPSA) is 98.5 Å². The van der Waals surface area contributed by atoms with Gasteiger partial charge in [0.15, 0.2) is 0 Å². The van der Waals surface area contributed by atoms with Gasteiger partial charge in [-0.05, 0) is 32.0 Å². The predicted molar refractivity (Wildman–Crippen MR) is 83.5 cm³/mol. The summed E-state index contributed by atoms with van der Waals surface area (Å²) in [7, 11) is -3.32. The van der Waals surface area contributed by atoms with Gasteiger partial charge in [-0.3, -0.25) is 0 Å². The summed E-state index contributed by atoms with van der Waals surface area (Å²) < 4.78 is 70.1. The van der Waals surface area contributed by atoms with Crippen LogP contribution in [-0.2, 0) is 20.9 Å². The molecule has 3 N–H and O–H groups in total. The molecule has 1 aromatic carbocycles. The lowest BCUT2D eigenvalue weighted by Crippen LogP contribution is -2.48. The molecule has 11 heteroatoms. The number of halogens is 4. The molecule has 1 rings (SSSR count). The van der Waals surface area contributed by atoms with Crippen LogP contribution in [-0.4, -0.2) is 33.6 Å². The van der Waals surface area contributed by atoms with Crippen LogP contribution in [0.3, 0.4) is 0 Å². The average molecular weight is 391 g/mol. The lowest BCUT2D eigenvalue weighted by atomic mass is 10.1. The van der Waals surface area contributed by atoms with Gasteiger partial charge in [0.2, 0.25) is 10.0 Å². The summed E-state index contributed by atoms with van der Waals surface area (Å²) in [6.45, 7) is 2.91. The van der Waals surface area contributed by atoms with Gasteiger partial charge in [-0.15, -0.1) is 12.4 Å². The first-order valence-electron chi connectivity index (χ1n) is 6.37. The highest BCUT2D eigenvalue weighted by molar-refractivity contribution is 7.89. The Labute approximate surface area is 144 Å². The fourth-order valence-electron chi connectivity index (χ4n) is 1.68. The second kappa shape index (κ2) is 7.68. The first-order valence-corrected chi connectivity index (χ1v) is 7.86. The number of rotatable bonds is 5. The van der Waals surface area contributed by atoms with E-state index in [4.69, 9.17) is 5.73 Å². The molecule has 1 aromatic rings. The Balaban J connectivity index is 0.00000529. The summed E-state index contributed by atoms with van der Waals surface area (Å²) >= 11 is 0. The molecule has 0 atom stereocenters. The van der Waals surface area contributed by atoms with Gasteiger partial charge in [-0.25, -0.2) is 17.9 Å². The molecule has 138 valence electrons. The number of hydrogen-bond acceptors (Lipinski definition) is 5. The van der Waals surface area contributed by atoms with E-state index >= 15 is 0 Å². The Hall–Kier alpha value is -1.36. The molecule has 0 unspecified atom stereocenters. The van der Waals surface area contributed by atoms with Crippen LogP contribution in [0.25, 0.3) is 0 Å². The van der Waals surface area contributed by atoms with E-state index in [1.54, 1.807) is 0 Å². The molecule has 6 nitrogen and oxygen atoms in total. The molecule has 0 bridgehead atoms. The standard InChI is InChI=1S/C13H17F3N2O4S.ClH/c1-12(2,7-17)18-23(20,21)8-4-5-9(11(19)22-3)10(6-8)13(14,15)16;/h4-6,18H,7,17H2,1-3H3;1H. The second-order valence-electron chi connectivity index (χ2n) is 5.39. The van der Waals surface area contributed by atoms with E-state index in [-0.39, 0.29) is 19.0 Å².